The summed E-state index contributed by atoms with van der Waals surface area (Å²) in [6.07, 6.45) is 4.68. The van der Waals surface area contributed by atoms with Gasteiger partial charge in [0.15, 0.2) is 0 Å². The minimum atomic E-state index is -0.127. The highest BCUT2D eigenvalue weighted by molar-refractivity contribution is 5.13. The van der Waals surface area contributed by atoms with Crippen LogP contribution in [-0.2, 0) is 0 Å². The average molecular weight is 168 g/mol. The summed E-state index contributed by atoms with van der Waals surface area (Å²) in [7, 11) is 0. The molecular formula is C9H12O3. The predicted molar refractivity (Wildman–Crippen MR) is 45.4 cm³/mol. The van der Waals surface area contributed by atoms with E-state index in [2.05, 4.69) is 6.92 Å². The van der Waals surface area contributed by atoms with E-state index in [1.54, 1.807) is 0 Å². The number of rotatable bonds is 4. The molecule has 66 valence electrons. The van der Waals surface area contributed by atoms with Crippen molar-refractivity contribution >= 4 is 0 Å². The Balaban J connectivity index is 2.52. The molecule has 0 bridgehead atoms. The van der Waals surface area contributed by atoms with E-state index in [0.717, 1.165) is 12.8 Å². The Labute approximate surface area is 71.0 Å². The molecule has 12 heavy (non-hydrogen) atoms. The van der Waals surface area contributed by atoms with Gasteiger partial charge in [0.2, 0.25) is 11.2 Å². The van der Waals surface area contributed by atoms with E-state index in [1.807, 2.05) is 0 Å². The Morgan fingerprint density at radius 2 is 2.42 bits per heavy atom. The molecule has 0 aliphatic heterocycles. The minimum Gasteiger partial charge on any atom is -0.487 e. The molecule has 0 amide bonds. The lowest BCUT2D eigenvalue weighted by molar-refractivity contribution is 0.296. The van der Waals surface area contributed by atoms with Crippen LogP contribution in [0.15, 0.2) is 27.8 Å². The third kappa shape index (κ3) is 2.42. The lowest BCUT2D eigenvalue weighted by Crippen LogP contribution is -2.06. The number of unbranched alkanes of at least 4 members (excludes halogenated alkanes) is 1. The zero-order chi connectivity index (χ0) is 8.81. The number of hydrogen-bond acceptors (Lipinski definition) is 3. The van der Waals surface area contributed by atoms with Crippen molar-refractivity contribution in [3.05, 3.63) is 28.8 Å². The van der Waals surface area contributed by atoms with Crippen LogP contribution >= 0.6 is 0 Å². The first-order valence-electron chi connectivity index (χ1n) is 4.04. The molecule has 1 aromatic rings. The van der Waals surface area contributed by atoms with Gasteiger partial charge in [-0.1, -0.05) is 13.3 Å². The lowest BCUT2D eigenvalue weighted by atomic mass is 10.4. The van der Waals surface area contributed by atoms with Crippen molar-refractivity contribution in [1.82, 2.24) is 0 Å². The molecule has 0 unspecified atom stereocenters. The average Bonchev–Trinajstić information content (AvgIpc) is 2.09. The highest BCUT2D eigenvalue weighted by Gasteiger charge is 1.97. The Morgan fingerprint density at radius 1 is 1.58 bits per heavy atom. The monoisotopic (exact) mass is 168 g/mol. The van der Waals surface area contributed by atoms with Gasteiger partial charge in [0.25, 0.3) is 0 Å². The van der Waals surface area contributed by atoms with Crippen LogP contribution in [0.5, 0.6) is 5.75 Å². The van der Waals surface area contributed by atoms with E-state index in [9.17, 15) is 4.79 Å². The quantitative estimate of drug-likeness (QED) is 0.644. The highest BCUT2D eigenvalue weighted by Crippen LogP contribution is 2.01. The van der Waals surface area contributed by atoms with Gasteiger partial charge in [-0.3, -0.25) is 4.79 Å². The molecule has 0 aliphatic carbocycles. The van der Waals surface area contributed by atoms with Gasteiger partial charge >= 0.3 is 0 Å². The highest BCUT2D eigenvalue weighted by atomic mass is 16.5. The third-order valence-corrected chi connectivity index (χ3v) is 1.47. The van der Waals surface area contributed by atoms with E-state index in [1.165, 1.54) is 18.6 Å². The van der Waals surface area contributed by atoms with Gasteiger partial charge < -0.3 is 9.15 Å². The van der Waals surface area contributed by atoms with Gasteiger partial charge in [0, 0.05) is 6.07 Å². The summed E-state index contributed by atoms with van der Waals surface area (Å²) in [5, 5.41) is 0. The number of hydrogen-bond donors (Lipinski definition) is 0. The molecule has 0 aromatic carbocycles. The normalized spacial score (nSPS) is 9.75. The summed E-state index contributed by atoms with van der Waals surface area (Å²) in [6, 6.07) is 1.35. The van der Waals surface area contributed by atoms with Crippen molar-refractivity contribution in [2.45, 2.75) is 19.8 Å². The standard InChI is InChI=1S/C9H12O3/c1-2-3-5-12-9-7-11-6-4-8(9)10/h4,6-7H,2-3,5H2,1H3. The minimum absolute atomic E-state index is 0.127. The fraction of sp³-hybridized carbons (Fsp3) is 0.444. The molecule has 0 spiro atoms. The van der Waals surface area contributed by atoms with E-state index >= 15 is 0 Å². The van der Waals surface area contributed by atoms with Crippen molar-refractivity contribution in [2.24, 2.45) is 0 Å². The molecule has 0 aliphatic rings. The maximum Gasteiger partial charge on any atom is 0.226 e. The molecule has 1 heterocycles. The van der Waals surface area contributed by atoms with Gasteiger partial charge in [-0.15, -0.1) is 0 Å². The van der Waals surface area contributed by atoms with Crippen molar-refractivity contribution in [2.75, 3.05) is 6.61 Å². The molecule has 1 aromatic heterocycles. The second-order valence-corrected chi connectivity index (χ2v) is 2.49. The fourth-order valence-corrected chi connectivity index (χ4v) is 0.774. The van der Waals surface area contributed by atoms with Crippen LogP contribution in [0, 0.1) is 0 Å². The first kappa shape index (κ1) is 8.84. The first-order valence-corrected chi connectivity index (χ1v) is 4.04. The molecule has 1 rings (SSSR count). The summed E-state index contributed by atoms with van der Waals surface area (Å²) in [5.74, 6) is 0.297. The van der Waals surface area contributed by atoms with Gasteiger partial charge in [-0.05, 0) is 6.42 Å². The van der Waals surface area contributed by atoms with Gasteiger partial charge in [0.05, 0.1) is 12.9 Å². The molecule has 3 heteroatoms. The zero-order valence-electron chi connectivity index (χ0n) is 7.08. The van der Waals surface area contributed by atoms with Crippen LogP contribution in [0.25, 0.3) is 0 Å². The molecule has 0 saturated heterocycles. The van der Waals surface area contributed by atoms with Crippen LogP contribution in [0.1, 0.15) is 19.8 Å². The summed E-state index contributed by atoms with van der Waals surface area (Å²) in [5.41, 5.74) is -0.127. The smallest absolute Gasteiger partial charge is 0.226 e. The second kappa shape index (κ2) is 4.59. The SMILES string of the molecule is CCCCOc1coccc1=O. The number of ether oxygens (including phenoxy) is 1. The van der Waals surface area contributed by atoms with Crippen molar-refractivity contribution in [1.29, 1.82) is 0 Å². The summed E-state index contributed by atoms with van der Waals surface area (Å²) in [6.45, 7) is 2.64. The van der Waals surface area contributed by atoms with Crippen LogP contribution in [-0.4, -0.2) is 6.61 Å². The van der Waals surface area contributed by atoms with Crippen LogP contribution in [0.4, 0.5) is 0 Å². The Bertz CT molecular complexity index is 277. The first-order chi connectivity index (χ1) is 5.84. The molecule has 0 fully saturated rings. The molecule has 0 N–H and O–H groups in total. The van der Waals surface area contributed by atoms with E-state index in [-0.39, 0.29) is 5.43 Å². The van der Waals surface area contributed by atoms with E-state index < -0.39 is 0 Å². The van der Waals surface area contributed by atoms with Crippen LogP contribution in [0.2, 0.25) is 0 Å². The Morgan fingerprint density at radius 3 is 3.08 bits per heavy atom. The third-order valence-electron chi connectivity index (χ3n) is 1.47. The van der Waals surface area contributed by atoms with E-state index in [4.69, 9.17) is 9.15 Å². The molecular weight excluding hydrogens is 156 g/mol. The van der Waals surface area contributed by atoms with Crippen molar-refractivity contribution in [3.63, 3.8) is 0 Å². The molecule has 0 saturated carbocycles. The summed E-state index contributed by atoms with van der Waals surface area (Å²) in [4.78, 5) is 11.0. The maximum atomic E-state index is 11.0. The van der Waals surface area contributed by atoms with Gasteiger partial charge in [-0.2, -0.15) is 0 Å². The zero-order valence-corrected chi connectivity index (χ0v) is 7.08. The molecule has 0 radical (unpaired) electrons. The molecule has 0 atom stereocenters. The van der Waals surface area contributed by atoms with Crippen LogP contribution < -0.4 is 10.2 Å². The Kier molecular flexibility index (Phi) is 3.38. The topological polar surface area (TPSA) is 39.4 Å². The predicted octanol–water partition coefficient (Wildman–Crippen LogP) is 1.82. The van der Waals surface area contributed by atoms with Crippen molar-refractivity contribution in [3.8, 4) is 5.75 Å². The Hall–Kier alpha value is -1.25. The van der Waals surface area contributed by atoms with E-state index in [0.29, 0.717) is 12.4 Å². The lowest BCUT2D eigenvalue weighted by Gasteiger charge is -2.01. The fourth-order valence-electron chi connectivity index (χ4n) is 0.774. The van der Waals surface area contributed by atoms with Gasteiger partial charge in [0.1, 0.15) is 6.26 Å². The van der Waals surface area contributed by atoms with Crippen molar-refractivity contribution < 1.29 is 9.15 Å². The second-order valence-electron chi connectivity index (χ2n) is 2.49. The largest absolute Gasteiger partial charge is 0.487 e. The summed E-state index contributed by atoms with van der Waals surface area (Å²) < 4.78 is 9.97. The maximum absolute atomic E-state index is 11.0. The summed E-state index contributed by atoms with van der Waals surface area (Å²) >= 11 is 0. The molecule has 3 nitrogen and oxygen atoms in total. The van der Waals surface area contributed by atoms with Gasteiger partial charge in [-0.25, -0.2) is 0 Å². The van der Waals surface area contributed by atoms with Crippen LogP contribution in [0.3, 0.4) is 0 Å².